The molecule has 0 amide bonds. The van der Waals surface area contributed by atoms with Gasteiger partial charge in [0.2, 0.25) is 0 Å². The van der Waals surface area contributed by atoms with Crippen LogP contribution in [-0.4, -0.2) is 12.6 Å². The van der Waals surface area contributed by atoms with Crippen LogP contribution in [0.25, 0.3) is 0 Å². The van der Waals surface area contributed by atoms with Crippen molar-refractivity contribution in [2.75, 3.05) is 11.9 Å². The Morgan fingerprint density at radius 2 is 2.46 bits per heavy atom. The van der Waals surface area contributed by atoms with E-state index in [9.17, 15) is 0 Å². The van der Waals surface area contributed by atoms with Crippen molar-refractivity contribution in [1.29, 1.82) is 0 Å². The Balaban J connectivity index is 2.16. The van der Waals surface area contributed by atoms with Crippen LogP contribution in [-0.2, 0) is 11.3 Å². The summed E-state index contributed by atoms with van der Waals surface area (Å²) in [6.45, 7) is 0.520. The second-order valence-electron chi connectivity index (χ2n) is 3.18. The van der Waals surface area contributed by atoms with E-state index in [-0.39, 0.29) is 6.04 Å². The predicted molar refractivity (Wildman–Crippen MR) is 52.7 cm³/mol. The van der Waals surface area contributed by atoms with Crippen molar-refractivity contribution in [3.63, 3.8) is 0 Å². The maximum Gasteiger partial charge on any atom is 0.0883 e. The highest BCUT2D eigenvalue weighted by atomic mass is 35.5. The van der Waals surface area contributed by atoms with E-state index >= 15 is 0 Å². The standard InChI is InChI=1S/C9H11ClN2O/c10-7-1-2-9-6(3-7)4-8(12-9)5-13-11/h1-3,8,12H,4-5,11H2. The summed E-state index contributed by atoms with van der Waals surface area (Å²) in [5, 5.41) is 4.07. The summed E-state index contributed by atoms with van der Waals surface area (Å²) < 4.78 is 0. The first-order valence-corrected chi connectivity index (χ1v) is 4.54. The van der Waals surface area contributed by atoms with Crippen LogP contribution in [0, 0.1) is 0 Å². The van der Waals surface area contributed by atoms with Crippen LogP contribution in [0.4, 0.5) is 5.69 Å². The molecule has 1 atom stereocenters. The van der Waals surface area contributed by atoms with E-state index in [0.717, 1.165) is 17.1 Å². The molecule has 1 unspecified atom stereocenters. The van der Waals surface area contributed by atoms with Crippen molar-refractivity contribution in [3.05, 3.63) is 28.8 Å². The summed E-state index contributed by atoms with van der Waals surface area (Å²) >= 11 is 5.86. The van der Waals surface area contributed by atoms with Gasteiger partial charge in [-0.1, -0.05) is 11.6 Å². The average Bonchev–Trinajstić information content (AvgIpc) is 2.46. The highest BCUT2D eigenvalue weighted by molar-refractivity contribution is 6.30. The highest BCUT2D eigenvalue weighted by Crippen LogP contribution is 2.28. The number of fused-ring (bicyclic) bond motifs is 1. The fourth-order valence-corrected chi connectivity index (χ4v) is 1.82. The molecule has 0 saturated carbocycles. The Labute approximate surface area is 81.8 Å². The molecule has 13 heavy (non-hydrogen) atoms. The topological polar surface area (TPSA) is 47.3 Å². The van der Waals surface area contributed by atoms with E-state index in [4.69, 9.17) is 17.5 Å². The number of hydrogen-bond acceptors (Lipinski definition) is 3. The van der Waals surface area contributed by atoms with E-state index in [1.165, 1.54) is 5.56 Å². The van der Waals surface area contributed by atoms with Gasteiger partial charge in [-0.15, -0.1) is 0 Å². The summed E-state index contributed by atoms with van der Waals surface area (Å²) in [5.74, 6) is 5.01. The molecule has 0 bridgehead atoms. The number of hydrogen-bond donors (Lipinski definition) is 2. The minimum absolute atomic E-state index is 0.276. The fraction of sp³-hybridized carbons (Fsp3) is 0.333. The van der Waals surface area contributed by atoms with Crippen molar-refractivity contribution in [2.24, 2.45) is 5.90 Å². The minimum atomic E-state index is 0.276. The number of rotatable bonds is 2. The Bertz CT molecular complexity index is 316. The van der Waals surface area contributed by atoms with Crippen LogP contribution in [0.1, 0.15) is 5.56 Å². The SMILES string of the molecule is NOCC1Cc2cc(Cl)ccc2N1. The monoisotopic (exact) mass is 198 g/mol. The van der Waals surface area contributed by atoms with Gasteiger partial charge in [-0.25, -0.2) is 5.90 Å². The quantitative estimate of drug-likeness (QED) is 0.710. The molecule has 0 aliphatic carbocycles. The Kier molecular flexibility index (Phi) is 2.40. The number of benzene rings is 1. The van der Waals surface area contributed by atoms with Gasteiger partial charge < -0.3 is 10.2 Å². The van der Waals surface area contributed by atoms with Crippen LogP contribution >= 0.6 is 11.6 Å². The molecule has 0 aromatic heterocycles. The summed E-state index contributed by atoms with van der Waals surface area (Å²) in [6, 6.07) is 6.10. The van der Waals surface area contributed by atoms with Crippen LogP contribution in [0.15, 0.2) is 18.2 Å². The first-order valence-electron chi connectivity index (χ1n) is 4.16. The predicted octanol–water partition coefficient (Wildman–Crippen LogP) is 1.57. The molecule has 1 aliphatic heterocycles. The zero-order valence-corrected chi connectivity index (χ0v) is 7.84. The lowest BCUT2D eigenvalue weighted by molar-refractivity contribution is 0.129. The lowest BCUT2D eigenvalue weighted by Gasteiger charge is -2.07. The van der Waals surface area contributed by atoms with E-state index in [0.29, 0.717) is 6.61 Å². The molecule has 2 rings (SSSR count). The molecule has 0 radical (unpaired) electrons. The van der Waals surface area contributed by atoms with Crippen molar-refractivity contribution < 1.29 is 4.84 Å². The third-order valence-electron chi connectivity index (χ3n) is 2.19. The van der Waals surface area contributed by atoms with Gasteiger partial charge in [0.05, 0.1) is 12.6 Å². The Hall–Kier alpha value is -0.770. The largest absolute Gasteiger partial charge is 0.379 e. The lowest BCUT2D eigenvalue weighted by atomic mass is 10.1. The second-order valence-corrected chi connectivity index (χ2v) is 3.62. The first kappa shape index (κ1) is 8.81. The molecular formula is C9H11ClN2O. The van der Waals surface area contributed by atoms with Crippen molar-refractivity contribution >= 4 is 17.3 Å². The van der Waals surface area contributed by atoms with Crippen molar-refractivity contribution in [3.8, 4) is 0 Å². The summed E-state index contributed by atoms with van der Waals surface area (Å²) in [7, 11) is 0. The molecular weight excluding hydrogens is 188 g/mol. The molecule has 0 spiro atoms. The van der Waals surface area contributed by atoms with E-state index < -0.39 is 0 Å². The first-order chi connectivity index (χ1) is 6.29. The van der Waals surface area contributed by atoms with Gasteiger partial charge in [-0.05, 0) is 30.2 Å². The zero-order chi connectivity index (χ0) is 9.26. The van der Waals surface area contributed by atoms with Crippen molar-refractivity contribution in [1.82, 2.24) is 0 Å². The molecule has 3 N–H and O–H groups in total. The molecule has 1 aromatic rings. The second kappa shape index (κ2) is 3.54. The maximum atomic E-state index is 5.86. The molecule has 1 aliphatic rings. The average molecular weight is 199 g/mol. The van der Waals surface area contributed by atoms with Crippen LogP contribution in [0.5, 0.6) is 0 Å². The maximum absolute atomic E-state index is 5.86. The minimum Gasteiger partial charge on any atom is -0.379 e. The van der Waals surface area contributed by atoms with E-state index in [1.54, 1.807) is 0 Å². The molecule has 70 valence electrons. The smallest absolute Gasteiger partial charge is 0.0883 e. The van der Waals surface area contributed by atoms with Gasteiger partial charge in [0.15, 0.2) is 0 Å². The van der Waals surface area contributed by atoms with Gasteiger partial charge in [-0.3, -0.25) is 0 Å². The molecule has 1 aromatic carbocycles. The van der Waals surface area contributed by atoms with Gasteiger partial charge in [0.25, 0.3) is 0 Å². The third-order valence-corrected chi connectivity index (χ3v) is 2.43. The van der Waals surface area contributed by atoms with Crippen LogP contribution < -0.4 is 11.2 Å². The summed E-state index contributed by atoms with van der Waals surface area (Å²) in [4.78, 5) is 4.59. The number of nitrogens with two attached hydrogens (primary N) is 1. The van der Waals surface area contributed by atoms with Gasteiger partial charge in [0.1, 0.15) is 0 Å². The van der Waals surface area contributed by atoms with Gasteiger partial charge in [-0.2, -0.15) is 0 Å². The summed E-state index contributed by atoms with van der Waals surface area (Å²) in [6.07, 6.45) is 0.924. The van der Waals surface area contributed by atoms with E-state index in [1.807, 2.05) is 18.2 Å². The normalized spacial score (nSPS) is 19.7. The fourth-order valence-electron chi connectivity index (χ4n) is 1.63. The Morgan fingerprint density at radius 3 is 3.23 bits per heavy atom. The van der Waals surface area contributed by atoms with Crippen molar-refractivity contribution in [2.45, 2.75) is 12.5 Å². The Morgan fingerprint density at radius 1 is 1.62 bits per heavy atom. The highest BCUT2D eigenvalue weighted by Gasteiger charge is 2.20. The number of anilines is 1. The van der Waals surface area contributed by atoms with Crippen LogP contribution in [0.2, 0.25) is 5.02 Å². The van der Waals surface area contributed by atoms with E-state index in [2.05, 4.69) is 10.2 Å². The molecule has 3 nitrogen and oxygen atoms in total. The van der Waals surface area contributed by atoms with Crippen LogP contribution in [0.3, 0.4) is 0 Å². The molecule has 4 heteroatoms. The number of halogens is 1. The van der Waals surface area contributed by atoms with Gasteiger partial charge in [0, 0.05) is 10.7 Å². The molecule has 1 heterocycles. The molecule has 0 fully saturated rings. The number of nitrogens with one attached hydrogen (secondary N) is 1. The summed E-state index contributed by atoms with van der Waals surface area (Å²) in [5.41, 5.74) is 2.36. The third kappa shape index (κ3) is 1.77. The molecule has 0 saturated heterocycles. The van der Waals surface area contributed by atoms with Gasteiger partial charge >= 0.3 is 0 Å². The zero-order valence-electron chi connectivity index (χ0n) is 7.09. The lowest BCUT2D eigenvalue weighted by Crippen LogP contribution is -2.24.